The van der Waals surface area contributed by atoms with Gasteiger partial charge in [0.2, 0.25) is 15.9 Å². The van der Waals surface area contributed by atoms with Gasteiger partial charge in [-0.1, -0.05) is 0 Å². The molecule has 0 amide bonds. The van der Waals surface area contributed by atoms with Gasteiger partial charge in [0.05, 0.1) is 12.8 Å². The van der Waals surface area contributed by atoms with E-state index in [-0.39, 0.29) is 4.90 Å². The van der Waals surface area contributed by atoms with Crippen molar-refractivity contribution in [3.63, 3.8) is 0 Å². The maximum absolute atomic E-state index is 11.0. The van der Waals surface area contributed by atoms with Crippen LogP contribution in [0.4, 0.5) is 0 Å². The third-order valence-electron chi connectivity index (χ3n) is 2.98. The minimum Gasteiger partial charge on any atom is -0.478 e. The fourth-order valence-electron chi connectivity index (χ4n) is 1.91. The third-order valence-corrected chi connectivity index (χ3v) is 3.87. The minimum absolute atomic E-state index is 0.00478. The first-order valence-electron chi connectivity index (χ1n) is 5.88. The summed E-state index contributed by atoms with van der Waals surface area (Å²) in [7, 11) is -3.68. The Kier molecular flexibility index (Phi) is 4.15. The molecular formula is C11H17N3O3S. The van der Waals surface area contributed by atoms with Crippen molar-refractivity contribution < 1.29 is 13.2 Å². The van der Waals surface area contributed by atoms with Gasteiger partial charge in [0.15, 0.2) is 0 Å². The number of hydrogen-bond donors (Lipinski definition) is 2. The van der Waals surface area contributed by atoms with Gasteiger partial charge in [0.25, 0.3) is 0 Å². The summed E-state index contributed by atoms with van der Waals surface area (Å²) in [6, 6.07) is 2.92. The zero-order valence-electron chi connectivity index (χ0n) is 10.0. The first-order chi connectivity index (χ1) is 8.55. The van der Waals surface area contributed by atoms with E-state index in [1.807, 2.05) is 0 Å². The van der Waals surface area contributed by atoms with Gasteiger partial charge in [-0.25, -0.2) is 18.5 Å². The Balaban J connectivity index is 1.83. The Bertz CT molecular complexity index is 481. The molecule has 0 spiro atoms. The first kappa shape index (κ1) is 13.3. The molecule has 0 aromatic carbocycles. The highest BCUT2D eigenvalue weighted by Gasteiger charge is 2.14. The second-order valence-electron chi connectivity index (χ2n) is 4.37. The van der Waals surface area contributed by atoms with E-state index >= 15 is 0 Å². The monoisotopic (exact) mass is 271 g/mol. The molecule has 0 saturated carbocycles. The zero-order chi connectivity index (χ0) is 13.0. The number of pyridine rings is 1. The SMILES string of the molecule is NS(=O)(=O)c1ccc(OCCC2CCNC2)nc1. The molecular weight excluding hydrogens is 254 g/mol. The molecule has 1 saturated heterocycles. The Morgan fingerprint density at radius 3 is 2.89 bits per heavy atom. The van der Waals surface area contributed by atoms with Crippen molar-refractivity contribution >= 4 is 10.0 Å². The van der Waals surface area contributed by atoms with E-state index < -0.39 is 10.0 Å². The highest BCUT2D eigenvalue weighted by Crippen LogP contribution is 2.14. The first-order valence-corrected chi connectivity index (χ1v) is 7.43. The fourth-order valence-corrected chi connectivity index (χ4v) is 2.37. The second-order valence-corrected chi connectivity index (χ2v) is 5.93. The van der Waals surface area contributed by atoms with Crippen molar-refractivity contribution in [3.05, 3.63) is 18.3 Å². The number of nitrogens with one attached hydrogen (secondary N) is 1. The van der Waals surface area contributed by atoms with Gasteiger partial charge in [-0.2, -0.15) is 0 Å². The van der Waals surface area contributed by atoms with E-state index in [4.69, 9.17) is 9.88 Å². The summed E-state index contributed by atoms with van der Waals surface area (Å²) >= 11 is 0. The topological polar surface area (TPSA) is 94.3 Å². The summed E-state index contributed by atoms with van der Waals surface area (Å²) in [6.45, 7) is 2.71. The molecule has 1 aromatic heterocycles. The van der Waals surface area contributed by atoms with Gasteiger partial charge < -0.3 is 10.1 Å². The molecule has 2 rings (SSSR count). The highest BCUT2D eigenvalue weighted by molar-refractivity contribution is 7.89. The molecule has 0 aliphatic carbocycles. The molecule has 1 fully saturated rings. The van der Waals surface area contributed by atoms with E-state index in [9.17, 15) is 8.42 Å². The number of primary sulfonamides is 1. The van der Waals surface area contributed by atoms with Gasteiger partial charge in [0, 0.05) is 6.07 Å². The van der Waals surface area contributed by atoms with Crippen LogP contribution in [0.2, 0.25) is 0 Å². The van der Waals surface area contributed by atoms with Crippen molar-refractivity contribution in [1.29, 1.82) is 0 Å². The number of sulfonamides is 1. The molecule has 7 heteroatoms. The van der Waals surface area contributed by atoms with E-state index in [1.54, 1.807) is 0 Å². The maximum Gasteiger partial charge on any atom is 0.239 e. The lowest BCUT2D eigenvalue weighted by atomic mass is 10.1. The Labute approximate surface area is 107 Å². The predicted molar refractivity (Wildman–Crippen MR) is 66.7 cm³/mol. The number of nitrogens with zero attached hydrogens (tertiary/aromatic N) is 1. The van der Waals surface area contributed by atoms with Crippen LogP contribution in [0.5, 0.6) is 5.88 Å². The molecule has 1 aliphatic heterocycles. The van der Waals surface area contributed by atoms with Crippen molar-refractivity contribution in [3.8, 4) is 5.88 Å². The molecule has 0 radical (unpaired) electrons. The number of rotatable bonds is 5. The average Bonchev–Trinajstić information content (AvgIpc) is 2.82. The highest BCUT2D eigenvalue weighted by atomic mass is 32.2. The van der Waals surface area contributed by atoms with Gasteiger partial charge in [0.1, 0.15) is 4.90 Å². The van der Waals surface area contributed by atoms with Crippen LogP contribution in [-0.4, -0.2) is 33.1 Å². The van der Waals surface area contributed by atoms with E-state index in [1.165, 1.54) is 24.8 Å². The van der Waals surface area contributed by atoms with Crippen molar-refractivity contribution in [2.24, 2.45) is 11.1 Å². The molecule has 1 atom stereocenters. The van der Waals surface area contributed by atoms with Crippen LogP contribution in [0.1, 0.15) is 12.8 Å². The number of ether oxygens (including phenoxy) is 1. The summed E-state index contributed by atoms with van der Waals surface area (Å²) in [5, 5.41) is 8.27. The van der Waals surface area contributed by atoms with E-state index in [0.29, 0.717) is 18.4 Å². The Morgan fingerprint density at radius 1 is 1.50 bits per heavy atom. The molecule has 1 aromatic rings. The lowest BCUT2D eigenvalue weighted by molar-refractivity contribution is 0.274. The van der Waals surface area contributed by atoms with Crippen molar-refractivity contribution in [1.82, 2.24) is 10.3 Å². The number of nitrogens with two attached hydrogens (primary N) is 1. The Hall–Kier alpha value is -1.18. The number of hydrogen-bond acceptors (Lipinski definition) is 5. The van der Waals surface area contributed by atoms with E-state index in [2.05, 4.69) is 10.3 Å². The van der Waals surface area contributed by atoms with Gasteiger partial charge in [-0.3, -0.25) is 0 Å². The quantitative estimate of drug-likeness (QED) is 0.792. The summed E-state index contributed by atoms with van der Waals surface area (Å²) in [5.41, 5.74) is 0. The standard InChI is InChI=1S/C11H17N3O3S/c12-18(15,16)10-1-2-11(14-8-10)17-6-4-9-3-5-13-7-9/h1-2,8-9,13H,3-7H2,(H2,12,15,16). The largest absolute Gasteiger partial charge is 0.478 e. The average molecular weight is 271 g/mol. The van der Waals surface area contributed by atoms with Crippen LogP contribution in [0, 0.1) is 5.92 Å². The smallest absolute Gasteiger partial charge is 0.239 e. The molecule has 2 heterocycles. The summed E-state index contributed by atoms with van der Waals surface area (Å²) in [5.74, 6) is 1.09. The van der Waals surface area contributed by atoms with Crippen LogP contribution in [0.3, 0.4) is 0 Å². The summed E-state index contributed by atoms with van der Waals surface area (Å²) in [4.78, 5) is 3.91. The lowest BCUT2D eigenvalue weighted by Crippen LogP contribution is -2.13. The maximum atomic E-state index is 11.0. The fraction of sp³-hybridized carbons (Fsp3) is 0.545. The molecule has 0 bridgehead atoms. The summed E-state index contributed by atoms with van der Waals surface area (Å²) in [6.07, 6.45) is 3.37. The third kappa shape index (κ3) is 3.66. The molecule has 1 aliphatic rings. The normalized spacial score (nSPS) is 19.9. The van der Waals surface area contributed by atoms with Crippen LogP contribution in [-0.2, 0) is 10.0 Å². The van der Waals surface area contributed by atoms with Gasteiger partial charge in [-0.05, 0) is 37.9 Å². The zero-order valence-corrected chi connectivity index (χ0v) is 10.8. The predicted octanol–water partition coefficient (Wildman–Crippen LogP) is 0.107. The molecule has 6 nitrogen and oxygen atoms in total. The molecule has 3 N–H and O–H groups in total. The molecule has 100 valence electrons. The van der Waals surface area contributed by atoms with Crippen LogP contribution < -0.4 is 15.2 Å². The van der Waals surface area contributed by atoms with Gasteiger partial charge in [-0.15, -0.1) is 0 Å². The van der Waals surface area contributed by atoms with Crippen LogP contribution in [0.25, 0.3) is 0 Å². The summed E-state index contributed by atoms with van der Waals surface area (Å²) < 4.78 is 27.5. The van der Waals surface area contributed by atoms with Crippen molar-refractivity contribution in [2.45, 2.75) is 17.7 Å². The molecule has 1 unspecified atom stereocenters. The van der Waals surface area contributed by atoms with Crippen LogP contribution >= 0.6 is 0 Å². The van der Waals surface area contributed by atoms with E-state index in [0.717, 1.165) is 19.5 Å². The second kappa shape index (κ2) is 5.64. The Morgan fingerprint density at radius 2 is 2.33 bits per heavy atom. The molecule has 18 heavy (non-hydrogen) atoms. The van der Waals surface area contributed by atoms with Crippen LogP contribution in [0.15, 0.2) is 23.2 Å². The number of aromatic nitrogens is 1. The van der Waals surface area contributed by atoms with Gasteiger partial charge >= 0.3 is 0 Å². The van der Waals surface area contributed by atoms with Crippen molar-refractivity contribution in [2.75, 3.05) is 19.7 Å². The minimum atomic E-state index is -3.68. The lowest BCUT2D eigenvalue weighted by Gasteiger charge is -2.09.